The lowest BCUT2D eigenvalue weighted by atomic mass is 9.45. The van der Waals surface area contributed by atoms with Gasteiger partial charge in [-0.15, -0.1) is 0 Å². The van der Waals surface area contributed by atoms with Crippen molar-refractivity contribution in [2.75, 3.05) is 0 Å². The molecule has 0 radical (unpaired) electrons. The maximum absolute atomic E-state index is 12.7. The number of hydrogen-bond acceptors (Lipinski definition) is 3. The number of carboxylic acids is 1. The maximum Gasteiger partial charge on any atom is 0.306 e. The number of hydrogen-bond donors (Lipinski definition) is 2. The van der Waals surface area contributed by atoms with E-state index in [9.17, 15) is 19.8 Å². The highest BCUT2D eigenvalue weighted by Gasteiger charge is 2.80. The minimum Gasteiger partial charge on any atom is -0.481 e. The fraction of sp³-hybridized carbons (Fsp3) is 0.867. The zero-order valence-corrected chi connectivity index (χ0v) is 22.2. The summed E-state index contributed by atoms with van der Waals surface area (Å²) in [5.74, 6) is 0.0305. The molecule has 190 valence electrons. The number of carbonyl (C=O) groups excluding carboxylic acids is 1. The molecule has 34 heavy (non-hydrogen) atoms. The van der Waals surface area contributed by atoms with E-state index in [1.807, 2.05) is 0 Å². The Hall–Kier alpha value is -1.16. The first-order chi connectivity index (χ1) is 15.8. The van der Waals surface area contributed by atoms with E-state index < -0.39 is 11.9 Å². The van der Waals surface area contributed by atoms with Gasteiger partial charge < -0.3 is 10.2 Å². The summed E-state index contributed by atoms with van der Waals surface area (Å²) in [6, 6.07) is 0. The predicted molar refractivity (Wildman–Crippen MR) is 133 cm³/mol. The summed E-state index contributed by atoms with van der Waals surface area (Å²) in [4.78, 5) is 23.9. The summed E-state index contributed by atoms with van der Waals surface area (Å²) in [6.07, 6.45) is 12.5. The first-order valence-corrected chi connectivity index (χ1v) is 13.9. The molecule has 0 bridgehead atoms. The SMILES string of the molecule is CC(CC(=O)CC(C)C1CCC2(C)C3=CCC4C(C)(C)C(O)CCC45CC35CCC12C)C(=O)O. The van der Waals surface area contributed by atoms with E-state index in [1.54, 1.807) is 12.5 Å². The molecule has 4 heteroatoms. The number of aliphatic hydroxyl groups excluding tert-OH is 1. The van der Waals surface area contributed by atoms with Gasteiger partial charge in [0.05, 0.1) is 12.0 Å². The molecule has 0 amide bonds. The zero-order valence-electron chi connectivity index (χ0n) is 22.2. The first kappa shape index (κ1) is 24.5. The number of rotatable bonds is 6. The lowest BCUT2D eigenvalue weighted by Crippen LogP contribution is -2.53. The van der Waals surface area contributed by atoms with Crippen LogP contribution in [-0.4, -0.2) is 28.1 Å². The number of aliphatic carboxylic acids is 1. The first-order valence-electron chi connectivity index (χ1n) is 13.9. The van der Waals surface area contributed by atoms with Crippen molar-refractivity contribution in [1.82, 2.24) is 0 Å². The van der Waals surface area contributed by atoms with Crippen molar-refractivity contribution in [3.63, 3.8) is 0 Å². The second-order valence-corrected chi connectivity index (χ2v) is 14.3. The van der Waals surface area contributed by atoms with Crippen molar-refractivity contribution in [2.45, 2.75) is 112 Å². The van der Waals surface area contributed by atoms with Crippen LogP contribution >= 0.6 is 0 Å². The Labute approximate surface area is 206 Å². The van der Waals surface area contributed by atoms with Gasteiger partial charge in [0.25, 0.3) is 0 Å². The third-order valence-corrected chi connectivity index (χ3v) is 12.7. The van der Waals surface area contributed by atoms with Crippen LogP contribution in [0.2, 0.25) is 0 Å². The smallest absolute Gasteiger partial charge is 0.306 e. The van der Waals surface area contributed by atoms with Crippen LogP contribution in [-0.2, 0) is 9.59 Å². The second-order valence-electron chi connectivity index (χ2n) is 14.3. The van der Waals surface area contributed by atoms with Crippen LogP contribution in [0.5, 0.6) is 0 Å². The summed E-state index contributed by atoms with van der Waals surface area (Å²) in [6.45, 7) is 13.5. The van der Waals surface area contributed by atoms with Crippen molar-refractivity contribution in [3.05, 3.63) is 11.6 Å². The molecule has 2 spiro atoms. The molecule has 4 saturated carbocycles. The highest BCUT2D eigenvalue weighted by Crippen LogP contribution is 2.87. The van der Waals surface area contributed by atoms with Gasteiger partial charge in [-0.2, -0.15) is 0 Å². The lowest BCUT2D eigenvalue weighted by Gasteiger charge is -2.59. The molecule has 0 saturated heterocycles. The third-order valence-electron chi connectivity index (χ3n) is 12.7. The average molecular weight is 471 g/mol. The minimum atomic E-state index is -0.877. The molecule has 0 heterocycles. The van der Waals surface area contributed by atoms with Gasteiger partial charge >= 0.3 is 5.97 Å². The van der Waals surface area contributed by atoms with E-state index in [0.29, 0.717) is 35.0 Å². The van der Waals surface area contributed by atoms with E-state index >= 15 is 0 Å². The molecule has 9 unspecified atom stereocenters. The summed E-state index contributed by atoms with van der Waals surface area (Å²) < 4.78 is 0. The van der Waals surface area contributed by atoms with Gasteiger partial charge in [0.15, 0.2) is 0 Å². The topological polar surface area (TPSA) is 74.6 Å². The van der Waals surface area contributed by atoms with Gasteiger partial charge in [0.1, 0.15) is 5.78 Å². The normalized spacial score (nSPS) is 47.9. The Balaban J connectivity index is 1.39. The van der Waals surface area contributed by atoms with Crippen molar-refractivity contribution < 1.29 is 19.8 Å². The average Bonchev–Trinajstić information content (AvgIpc) is 3.33. The van der Waals surface area contributed by atoms with Crippen LogP contribution in [0.4, 0.5) is 0 Å². The molecular formula is C30H46O4. The monoisotopic (exact) mass is 470 g/mol. The molecule has 5 aliphatic rings. The molecular weight excluding hydrogens is 424 g/mol. The number of Topliss-reactive ketones (excluding diaryl/α,β-unsaturated/α-hetero) is 1. The van der Waals surface area contributed by atoms with E-state index in [2.05, 4.69) is 40.7 Å². The van der Waals surface area contributed by atoms with Crippen LogP contribution < -0.4 is 0 Å². The fourth-order valence-corrected chi connectivity index (χ4v) is 10.5. The summed E-state index contributed by atoms with van der Waals surface area (Å²) in [5.41, 5.74) is 2.88. The number of ketones is 1. The number of aliphatic hydroxyl groups is 1. The fourth-order valence-electron chi connectivity index (χ4n) is 10.5. The Morgan fingerprint density at radius 2 is 1.74 bits per heavy atom. The Morgan fingerprint density at radius 3 is 2.41 bits per heavy atom. The Morgan fingerprint density at radius 1 is 1.03 bits per heavy atom. The molecule has 2 N–H and O–H groups in total. The molecule has 4 nitrogen and oxygen atoms in total. The van der Waals surface area contributed by atoms with Gasteiger partial charge in [-0.1, -0.05) is 53.2 Å². The predicted octanol–water partition coefficient (Wildman–Crippen LogP) is 6.41. The van der Waals surface area contributed by atoms with Crippen LogP contribution in [0.1, 0.15) is 106 Å². The molecule has 0 aliphatic heterocycles. The van der Waals surface area contributed by atoms with Gasteiger partial charge in [-0.25, -0.2) is 0 Å². The number of carboxylic acid groups (broad SMARTS) is 1. The van der Waals surface area contributed by atoms with Gasteiger partial charge in [0, 0.05) is 12.8 Å². The van der Waals surface area contributed by atoms with Crippen LogP contribution in [0.15, 0.2) is 11.6 Å². The van der Waals surface area contributed by atoms with Crippen molar-refractivity contribution >= 4 is 11.8 Å². The van der Waals surface area contributed by atoms with Crippen LogP contribution in [0.3, 0.4) is 0 Å². The lowest BCUT2D eigenvalue weighted by molar-refractivity contribution is -0.143. The van der Waals surface area contributed by atoms with Gasteiger partial charge in [-0.3, -0.25) is 9.59 Å². The maximum atomic E-state index is 12.7. The molecule has 9 atom stereocenters. The van der Waals surface area contributed by atoms with Gasteiger partial charge in [0.2, 0.25) is 0 Å². The third kappa shape index (κ3) is 2.93. The molecule has 5 aliphatic carbocycles. The zero-order chi connectivity index (χ0) is 24.9. The van der Waals surface area contributed by atoms with Crippen molar-refractivity contribution in [2.24, 2.45) is 50.7 Å². The highest BCUT2D eigenvalue weighted by molar-refractivity contribution is 5.83. The second kappa shape index (κ2) is 7.43. The van der Waals surface area contributed by atoms with Crippen molar-refractivity contribution in [1.29, 1.82) is 0 Å². The summed E-state index contributed by atoms with van der Waals surface area (Å²) in [5, 5.41) is 20.0. The van der Waals surface area contributed by atoms with Crippen molar-refractivity contribution in [3.8, 4) is 0 Å². The highest BCUT2D eigenvalue weighted by atomic mass is 16.4. The van der Waals surface area contributed by atoms with E-state index in [4.69, 9.17) is 0 Å². The largest absolute Gasteiger partial charge is 0.481 e. The number of allylic oxidation sites excluding steroid dienone is 2. The minimum absolute atomic E-state index is 0.00832. The van der Waals surface area contributed by atoms with E-state index in [0.717, 1.165) is 12.8 Å². The molecule has 0 aromatic carbocycles. The summed E-state index contributed by atoms with van der Waals surface area (Å²) >= 11 is 0. The molecule has 0 aromatic rings. The van der Waals surface area contributed by atoms with Crippen LogP contribution in [0.25, 0.3) is 0 Å². The van der Waals surface area contributed by atoms with Crippen LogP contribution in [0, 0.1) is 50.7 Å². The molecule has 4 fully saturated rings. The Bertz CT molecular complexity index is 934. The van der Waals surface area contributed by atoms with E-state index in [-0.39, 0.29) is 34.6 Å². The number of fused-ring (bicyclic) bond motifs is 2. The Kier molecular flexibility index (Phi) is 5.36. The number of carbonyl (C=O) groups is 2. The molecule has 5 rings (SSSR count). The quantitative estimate of drug-likeness (QED) is 0.440. The van der Waals surface area contributed by atoms with Gasteiger partial charge in [-0.05, 0) is 96.2 Å². The summed E-state index contributed by atoms with van der Waals surface area (Å²) in [7, 11) is 0. The van der Waals surface area contributed by atoms with E-state index in [1.165, 1.54) is 38.5 Å². The molecule has 0 aromatic heterocycles. The standard InChI is InChI=1S/C30H46O4/c1-18(15-20(31)16-19(2)25(33)34)21-9-11-28(6)23-8-7-22-26(3,4)24(32)10-12-29(22)17-30(23,29)14-13-27(21,28)5/h8,18-19,21-22,24,32H,7,9-17H2,1-6H3,(H,33,34).